The zero-order valence-corrected chi connectivity index (χ0v) is 23.9. The van der Waals surface area contributed by atoms with E-state index in [2.05, 4.69) is 16.0 Å². The first-order valence-electron chi connectivity index (χ1n) is 13.1. The molecule has 0 bridgehead atoms. The average Bonchev–Trinajstić information content (AvgIpc) is 3.42. The van der Waals surface area contributed by atoms with Crippen molar-refractivity contribution in [3.63, 3.8) is 0 Å². The minimum atomic E-state index is -0.531. The van der Waals surface area contributed by atoms with E-state index in [0.717, 1.165) is 17.4 Å². The smallest absolute Gasteiger partial charge is 0.259 e. The third kappa shape index (κ3) is 7.64. The Kier molecular flexibility index (Phi) is 9.17. The minimum Gasteiger partial charge on any atom is -0.487 e. The number of carbonyl (C=O) groups excluding carboxylic acids is 3. The highest BCUT2D eigenvalue weighted by atomic mass is 35.5. The van der Waals surface area contributed by atoms with Crippen LogP contribution >= 0.6 is 11.6 Å². The van der Waals surface area contributed by atoms with Gasteiger partial charge in [0.25, 0.3) is 11.8 Å². The van der Waals surface area contributed by atoms with Crippen molar-refractivity contribution in [2.75, 3.05) is 23.8 Å². The van der Waals surface area contributed by atoms with Crippen molar-refractivity contribution in [1.82, 2.24) is 5.32 Å². The Bertz CT molecular complexity index is 1400. The molecule has 1 unspecified atom stereocenters. The van der Waals surface area contributed by atoms with Crippen LogP contribution in [0.15, 0.2) is 60.7 Å². The molecule has 1 heterocycles. The predicted octanol–water partition coefficient (Wildman–Crippen LogP) is 3.93. The number of carbonyl (C=O) groups is 3. The maximum Gasteiger partial charge on any atom is 0.259 e. The van der Waals surface area contributed by atoms with E-state index in [9.17, 15) is 14.4 Å². The molecule has 4 rings (SSSR count). The van der Waals surface area contributed by atoms with Gasteiger partial charge >= 0.3 is 0 Å². The fourth-order valence-corrected chi connectivity index (χ4v) is 4.21. The molecule has 1 fully saturated rings. The molecule has 0 radical (unpaired) electrons. The third-order valence-corrected chi connectivity index (χ3v) is 6.71. The Labute approximate surface area is 240 Å². The number of hydrogen-bond acceptors (Lipinski definition) is 5. The molecule has 3 aromatic rings. The summed E-state index contributed by atoms with van der Waals surface area (Å²) in [5, 5.41) is 8.86. The highest BCUT2D eigenvalue weighted by Gasteiger charge is 2.23. The Balaban J connectivity index is 1.54. The molecule has 3 N–H and O–H groups in total. The molecule has 3 amide bonds. The lowest BCUT2D eigenvalue weighted by atomic mass is 9.95. The van der Waals surface area contributed by atoms with Crippen LogP contribution in [0.25, 0.3) is 0 Å². The molecule has 0 spiro atoms. The first kappa shape index (κ1) is 29.2. The van der Waals surface area contributed by atoms with Crippen LogP contribution in [0.5, 0.6) is 5.75 Å². The largest absolute Gasteiger partial charge is 0.487 e. The Morgan fingerprint density at radius 1 is 0.950 bits per heavy atom. The van der Waals surface area contributed by atoms with E-state index >= 15 is 0 Å². The monoisotopic (exact) mass is 561 g/mol. The van der Waals surface area contributed by atoms with Gasteiger partial charge in [-0.05, 0) is 48.0 Å². The molecule has 40 heavy (non-hydrogen) atoms. The summed E-state index contributed by atoms with van der Waals surface area (Å²) in [7, 11) is 1.97. The number of nitrogens with one attached hydrogen (secondary N) is 3. The normalized spacial score (nSPS) is 14.8. The lowest BCUT2D eigenvalue weighted by Gasteiger charge is -2.18. The van der Waals surface area contributed by atoms with Gasteiger partial charge in [0.1, 0.15) is 19.7 Å². The number of halogens is 1. The van der Waals surface area contributed by atoms with Gasteiger partial charge in [-0.3, -0.25) is 14.4 Å². The zero-order valence-electron chi connectivity index (χ0n) is 23.1. The average molecular weight is 562 g/mol. The minimum absolute atomic E-state index is 0.101. The molecule has 1 aliphatic rings. The SMILES string of the molecule is Bc1ccc(NC(=O)c2cc(NC(=O)c3cc(CNC(=O)C(C)(C)C)ccc3Cl)ccc2OC2CCOC2)cc1. The summed E-state index contributed by atoms with van der Waals surface area (Å²) in [4.78, 5) is 38.8. The summed E-state index contributed by atoms with van der Waals surface area (Å²) >= 11 is 6.35. The number of rotatable bonds is 8. The second kappa shape index (κ2) is 12.6. The first-order valence-corrected chi connectivity index (χ1v) is 13.5. The molecule has 0 aromatic heterocycles. The van der Waals surface area contributed by atoms with Gasteiger partial charge < -0.3 is 25.4 Å². The molecule has 1 saturated heterocycles. The number of hydrogen-bond donors (Lipinski definition) is 3. The summed E-state index contributed by atoms with van der Waals surface area (Å²) in [6.45, 7) is 6.79. The molecule has 3 aromatic carbocycles. The number of anilines is 2. The molecular weight excluding hydrogens is 529 g/mol. The van der Waals surface area contributed by atoms with Crippen LogP contribution in [0.3, 0.4) is 0 Å². The second-order valence-electron chi connectivity index (χ2n) is 10.8. The lowest BCUT2D eigenvalue weighted by molar-refractivity contribution is -0.128. The van der Waals surface area contributed by atoms with Gasteiger partial charge in [0.05, 0.1) is 29.4 Å². The Morgan fingerprint density at radius 3 is 2.30 bits per heavy atom. The molecule has 0 aliphatic carbocycles. The van der Waals surface area contributed by atoms with Crippen LogP contribution in [-0.4, -0.2) is 44.9 Å². The van der Waals surface area contributed by atoms with Crippen molar-refractivity contribution < 1.29 is 23.9 Å². The van der Waals surface area contributed by atoms with Crippen LogP contribution in [-0.2, 0) is 16.1 Å². The van der Waals surface area contributed by atoms with Crippen molar-refractivity contribution >= 4 is 54.0 Å². The van der Waals surface area contributed by atoms with Crippen LogP contribution in [0.4, 0.5) is 11.4 Å². The summed E-state index contributed by atoms with van der Waals surface area (Å²) in [6, 6.07) is 17.4. The van der Waals surface area contributed by atoms with Gasteiger partial charge in [0, 0.05) is 29.8 Å². The first-order chi connectivity index (χ1) is 19.0. The van der Waals surface area contributed by atoms with Crippen LogP contribution in [0.1, 0.15) is 53.5 Å². The Hall–Kier alpha value is -3.82. The van der Waals surface area contributed by atoms with Gasteiger partial charge in [0.15, 0.2) is 0 Å². The molecule has 8 nitrogen and oxygen atoms in total. The Morgan fingerprint density at radius 2 is 1.62 bits per heavy atom. The molecule has 0 saturated carbocycles. The van der Waals surface area contributed by atoms with Gasteiger partial charge in [-0.1, -0.05) is 56.0 Å². The third-order valence-electron chi connectivity index (χ3n) is 6.38. The number of amides is 3. The van der Waals surface area contributed by atoms with Crippen molar-refractivity contribution in [2.24, 2.45) is 5.41 Å². The van der Waals surface area contributed by atoms with Crippen molar-refractivity contribution in [2.45, 2.75) is 39.8 Å². The van der Waals surface area contributed by atoms with E-state index in [-0.39, 0.29) is 40.6 Å². The van der Waals surface area contributed by atoms with Crippen LogP contribution < -0.4 is 26.2 Å². The van der Waals surface area contributed by atoms with E-state index < -0.39 is 11.3 Å². The van der Waals surface area contributed by atoms with E-state index in [1.165, 1.54) is 0 Å². The topological polar surface area (TPSA) is 106 Å². The van der Waals surface area contributed by atoms with E-state index in [1.54, 1.807) is 36.4 Å². The van der Waals surface area contributed by atoms with Crippen molar-refractivity contribution in [3.8, 4) is 5.75 Å². The zero-order chi connectivity index (χ0) is 28.9. The fraction of sp³-hybridized carbons (Fsp3) is 0.300. The van der Waals surface area contributed by atoms with Gasteiger partial charge in [0.2, 0.25) is 5.91 Å². The van der Waals surface area contributed by atoms with Crippen LogP contribution in [0, 0.1) is 5.41 Å². The number of benzene rings is 3. The van der Waals surface area contributed by atoms with Crippen molar-refractivity contribution in [1.29, 1.82) is 0 Å². The number of ether oxygens (including phenoxy) is 2. The summed E-state index contributed by atoms with van der Waals surface area (Å²) in [6.07, 6.45) is 0.564. The van der Waals surface area contributed by atoms with E-state index in [1.807, 2.05) is 52.9 Å². The summed E-state index contributed by atoms with van der Waals surface area (Å²) in [5.41, 5.74) is 2.84. The maximum atomic E-state index is 13.3. The van der Waals surface area contributed by atoms with E-state index in [4.69, 9.17) is 21.1 Å². The molecule has 10 heteroatoms. The van der Waals surface area contributed by atoms with E-state index in [0.29, 0.717) is 30.3 Å². The van der Waals surface area contributed by atoms with Gasteiger partial charge in [-0.25, -0.2) is 0 Å². The highest BCUT2D eigenvalue weighted by Crippen LogP contribution is 2.28. The summed E-state index contributed by atoms with van der Waals surface area (Å²) < 4.78 is 11.5. The fourth-order valence-electron chi connectivity index (χ4n) is 4.01. The van der Waals surface area contributed by atoms with Gasteiger partial charge in [-0.15, -0.1) is 0 Å². The standard InChI is InChI=1S/C30H33BClN3O5/c1-30(2,3)29(38)33-16-18-4-10-25(32)23(14-18)27(36)35-21-9-11-26(40-22-12-13-39-17-22)24(15-21)28(37)34-20-7-5-19(31)6-8-20/h4-11,14-15,22H,12-13,16-17,31H2,1-3H3,(H,33,38)(H,34,37)(H,35,36). The molecule has 1 atom stereocenters. The summed E-state index contributed by atoms with van der Waals surface area (Å²) in [5.74, 6) is -0.524. The van der Waals surface area contributed by atoms with Crippen LogP contribution in [0.2, 0.25) is 5.02 Å². The lowest BCUT2D eigenvalue weighted by Crippen LogP contribution is -2.34. The highest BCUT2D eigenvalue weighted by molar-refractivity contribution is 6.34. The van der Waals surface area contributed by atoms with Gasteiger partial charge in [-0.2, -0.15) is 0 Å². The van der Waals surface area contributed by atoms with Crippen molar-refractivity contribution in [3.05, 3.63) is 82.4 Å². The predicted molar refractivity (Wildman–Crippen MR) is 160 cm³/mol. The maximum absolute atomic E-state index is 13.3. The molecule has 208 valence electrons. The molecular formula is C30H33BClN3O5. The molecule has 1 aliphatic heterocycles. The second-order valence-corrected chi connectivity index (χ2v) is 11.2. The quantitative estimate of drug-likeness (QED) is 0.362.